The van der Waals surface area contributed by atoms with E-state index in [1.54, 1.807) is 14.2 Å². The largest absolute Gasteiger partial charge is 0.392 e. The molecule has 1 atom stereocenters. The fourth-order valence-electron chi connectivity index (χ4n) is 2.34. The van der Waals surface area contributed by atoms with E-state index in [-0.39, 0.29) is 12.6 Å². The van der Waals surface area contributed by atoms with Crippen molar-refractivity contribution >= 4 is 5.82 Å². The lowest BCUT2D eigenvalue weighted by Gasteiger charge is -2.30. The van der Waals surface area contributed by atoms with Crippen molar-refractivity contribution in [2.75, 3.05) is 38.9 Å². The molecule has 0 fully saturated rings. The van der Waals surface area contributed by atoms with Gasteiger partial charge in [0.1, 0.15) is 5.82 Å². The van der Waals surface area contributed by atoms with Crippen LogP contribution in [-0.4, -0.2) is 50.1 Å². The van der Waals surface area contributed by atoms with Gasteiger partial charge in [-0.1, -0.05) is 13.3 Å². The SMILES string of the molecule is CCCc1cc(CO)cc(N(CCOC)C(C)COC)n1. The van der Waals surface area contributed by atoms with Gasteiger partial charge in [0.2, 0.25) is 0 Å². The Labute approximate surface area is 127 Å². The zero-order valence-electron chi connectivity index (χ0n) is 13.6. The Balaban J connectivity index is 3.05. The number of ether oxygens (including phenoxy) is 2. The Morgan fingerprint density at radius 2 is 2.05 bits per heavy atom. The third kappa shape index (κ3) is 5.61. The van der Waals surface area contributed by atoms with Crippen LogP contribution in [0.25, 0.3) is 0 Å². The summed E-state index contributed by atoms with van der Waals surface area (Å²) >= 11 is 0. The van der Waals surface area contributed by atoms with Crippen LogP contribution in [0.1, 0.15) is 31.5 Å². The van der Waals surface area contributed by atoms with Crippen LogP contribution >= 0.6 is 0 Å². The third-order valence-corrected chi connectivity index (χ3v) is 3.38. The van der Waals surface area contributed by atoms with Crippen LogP contribution in [0.2, 0.25) is 0 Å². The van der Waals surface area contributed by atoms with Gasteiger partial charge < -0.3 is 19.5 Å². The molecule has 0 amide bonds. The predicted octanol–water partition coefficient (Wildman–Crippen LogP) is 2.01. The number of aryl methyl sites for hydroxylation is 1. The van der Waals surface area contributed by atoms with E-state index in [0.29, 0.717) is 13.2 Å². The van der Waals surface area contributed by atoms with Gasteiger partial charge in [-0.15, -0.1) is 0 Å². The second-order valence-electron chi connectivity index (χ2n) is 5.22. The maximum atomic E-state index is 9.46. The van der Waals surface area contributed by atoms with Crippen LogP contribution in [-0.2, 0) is 22.5 Å². The van der Waals surface area contributed by atoms with Crippen LogP contribution in [0.15, 0.2) is 12.1 Å². The maximum Gasteiger partial charge on any atom is 0.129 e. The predicted molar refractivity (Wildman–Crippen MR) is 84.7 cm³/mol. The Kier molecular flexibility index (Phi) is 8.27. The fourth-order valence-corrected chi connectivity index (χ4v) is 2.34. The highest BCUT2D eigenvalue weighted by molar-refractivity contribution is 5.44. The summed E-state index contributed by atoms with van der Waals surface area (Å²) in [5.41, 5.74) is 1.92. The molecule has 1 aromatic heterocycles. The van der Waals surface area contributed by atoms with Gasteiger partial charge in [0.15, 0.2) is 0 Å². The minimum absolute atomic E-state index is 0.0308. The van der Waals surface area contributed by atoms with Gasteiger partial charge in [-0.3, -0.25) is 0 Å². The summed E-state index contributed by atoms with van der Waals surface area (Å²) in [6.45, 7) is 6.26. The van der Waals surface area contributed by atoms with Crippen molar-refractivity contribution in [1.82, 2.24) is 4.98 Å². The van der Waals surface area contributed by atoms with E-state index in [0.717, 1.165) is 36.5 Å². The van der Waals surface area contributed by atoms with Gasteiger partial charge in [0.05, 0.1) is 25.9 Å². The van der Waals surface area contributed by atoms with E-state index in [2.05, 4.69) is 18.7 Å². The summed E-state index contributed by atoms with van der Waals surface area (Å²) < 4.78 is 10.5. The molecule has 1 heterocycles. The summed E-state index contributed by atoms with van der Waals surface area (Å²) in [4.78, 5) is 6.90. The molecular weight excluding hydrogens is 268 g/mol. The fraction of sp³-hybridized carbons (Fsp3) is 0.688. The molecule has 5 heteroatoms. The molecular formula is C16H28N2O3. The van der Waals surface area contributed by atoms with Crippen LogP contribution in [0.4, 0.5) is 5.82 Å². The highest BCUT2D eigenvalue weighted by Gasteiger charge is 2.17. The van der Waals surface area contributed by atoms with Gasteiger partial charge in [0, 0.05) is 26.5 Å². The smallest absolute Gasteiger partial charge is 0.129 e. The number of aliphatic hydroxyl groups is 1. The first-order valence-corrected chi connectivity index (χ1v) is 7.51. The third-order valence-electron chi connectivity index (χ3n) is 3.38. The minimum atomic E-state index is 0.0308. The number of aromatic nitrogens is 1. The summed E-state index contributed by atoms with van der Waals surface area (Å²) in [6, 6.07) is 4.12. The maximum absolute atomic E-state index is 9.46. The molecule has 1 rings (SSSR count). The van der Waals surface area contributed by atoms with Crippen molar-refractivity contribution in [3.8, 4) is 0 Å². The molecule has 21 heavy (non-hydrogen) atoms. The topological polar surface area (TPSA) is 54.8 Å². The normalized spacial score (nSPS) is 12.4. The van der Waals surface area contributed by atoms with Gasteiger partial charge in [-0.2, -0.15) is 0 Å². The summed E-state index contributed by atoms with van der Waals surface area (Å²) in [5.74, 6) is 0.881. The Hall–Kier alpha value is -1.17. The summed E-state index contributed by atoms with van der Waals surface area (Å²) in [7, 11) is 3.39. The molecule has 120 valence electrons. The van der Waals surface area contributed by atoms with E-state index in [4.69, 9.17) is 14.5 Å². The van der Waals surface area contributed by atoms with E-state index in [1.165, 1.54) is 0 Å². The molecule has 0 saturated heterocycles. The second-order valence-corrected chi connectivity index (χ2v) is 5.22. The van der Waals surface area contributed by atoms with Gasteiger partial charge >= 0.3 is 0 Å². The van der Waals surface area contributed by atoms with Crippen LogP contribution in [0.3, 0.4) is 0 Å². The number of methoxy groups -OCH3 is 2. The lowest BCUT2D eigenvalue weighted by molar-refractivity contribution is 0.170. The Morgan fingerprint density at radius 1 is 1.29 bits per heavy atom. The molecule has 1 N–H and O–H groups in total. The van der Waals surface area contributed by atoms with Crippen molar-refractivity contribution in [2.24, 2.45) is 0 Å². The number of pyridine rings is 1. The van der Waals surface area contributed by atoms with Crippen LogP contribution < -0.4 is 4.90 Å². The minimum Gasteiger partial charge on any atom is -0.392 e. The first-order valence-electron chi connectivity index (χ1n) is 7.51. The molecule has 0 aliphatic carbocycles. The summed E-state index contributed by atoms with van der Waals surface area (Å²) in [6.07, 6.45) is 1.95. The summed E-state index contributed by atoms with van der Waals surface area (Å²) in [5, 5.41) is 9.46. The Morgan fingerprint density at radius 3 is 2.62 bits per heavy atom. The number of hydrogen-bond acceptors (Lipinski definition) is 5. The van der Waals surface area contributed by atoms with E-state index in [9.17, 15) is 5.11 Å². The first-order chi connectivity index (χ1) is 10.2. The van der Waals surface area contributed by atoms with Gasteiger partial charge in [-0.25, -0.2) is 4.98 Å². The molecule has 1 unspecified atom stereocenters. The number of hydrogen-bond donors (Lipinski definition) is 1. The van der Waals surface area contributed by atoms with Crippen molar-refractivity contribution in [2.45, 2.75) is 39.3 Å². The van der Waals surface area contributed by atoms with Crippen molar-refractivity contribution in [1.29, 1.82) is 0 Å². The molecule has 0 aromatic carbocycles. The second kappa shape index (κ2) is 9.71. The molecule has 0 radical (unpaired) electrons. The van der Waals surface area contributed by atoms with Crippen molar-refractivity contribution in [3.63, 3.8) is 0 Å². The molecule has 0 bridgehead atoms. The highest BCUT2D eigenvalue weighted by Crippen LogP contribution is 2.19. The molecule has 5 nitrogen and oxygen atoms in total. The molecule has 0 aliphatic heterocycles. The number of rotatable bonds is 10. The zero-order valence-corrected chi connectivity index (χ0v) is 13.6. The van der Waals surface area contributed by atoms with E-state index < -0.39 is 0 Å². The molecule has 0 saturated carbocycles. The first kappa shape index (κ1) is 17.9. The number of anilines is 1. The van der Waals surface area contributed by atoms with Gasteiger partial charge in [-0.05, 0) is 31.0 Å². The van der Waals surface area contributed by atoms with E-state index in [1.807, 2.05) is 12.1 Å². The lowest BCUT2D eigenvalue weighted by atomic mass is 10.1. The highest BCUT2D eigenvalue weighted by atomic mass is 16.5. The number of nitrogens with zero attached hydrogens (tertiary/aromatic N) is 2. The van der Waals surface area contributed by atoms with Crippen LogP contribution in [0.5, 0.6) is 0 Å². The average Bonchev–Trinajstić information content (AvgIpc) is 2.48. The monoisotopic (exact) mass is 296 g/mol. The zero-order chi connectivity index (χ0) is 15.7. The average molecular weight is 296 g/mol. The van der Waals surface area contributed by atoms with Crippen LogP contribution in [0, 0.1) is 0 Å². The molecule has 0 spiro atoms. The molecule has 1 aromatic rings. The molecule has 0 aliphatic rings. The number of aliphatic hydroxyl groups excluding tert-OH is 1. The van der Waals surface area contributed by atoms with Crippen molar-refractivity contribution in [3.05, 3.63) is 23.4 Å². The standard InChI is InChI=1S/C16H28N2O3/c1-5-6-15-9-14(11-19)10-16(17-15)18(7-8-20-3)13(2)12-21-4/h9-10,13,19H,5-8,11-12H2,1-4H3. The van der Waals surface area contributed by atoms with E-state index >= 15 is 0 Å². The lowest BCUT2D eigenvalue weighted by Crippen LogP contribution is -2.39. The Bertz CT molecular complexity index is 413. The van der Waals surface area contributed by atoms with Gasteiger partial charge in [0.25, 0.3) is 0 Å². The quantitative estimate of drug-likeness (QED) is 0.716. The van der Waals surface area contributed by atoms with Crippen molar-refractivity contribution < 1.29 is 14.6 Å².